The van der Waals surface area contributed by atoms with Crippen LogP contribution in [0.1, 0.15) is 24.1 Å². The second-order valence-corrected chi connectivity index (χ2v) is 6.13. The number of methoxy groups -OCH3 is 1. The minimum absolute atomic E-state index is 0.00854. The molecule has 1 atom stereocenters. The van der Waals surface area contributed by atoms with Gasteiger partial charge in [0.05, 0.1) is 31.2 Å². The van der Waals surface area contributed by atoms with Gasteiger partial charge in [-0.1, -0.05) is 0 Å². The predicted molar refractivity (Wildman–Crippen MR) is 95.5 cm³/mol. The van der Waals surface area contributed by atoms with Gasteiger partial charge in [-0.15, -0.1) is 0 Å². The zero-order valence-electron chi connectivity index (χ0n) is 14.6. The third-order valence-corrected chi connectivity index (χ3v) is 4.70. The minimum Gasteiger partial charge on any atom is -0.497 e. The van der Waals surface area contributed by atoms with E-state index in [1.54, 1.807) is 38.0 Å². The molecule has 0 N–H and O–H groups in total. The summed E-state index contributed by atoms with van der Waals surface area (Å²) in [5, 5.41) is 0. The van der Waals surface area contributed by atoms with Crippen molar-refractivity contribution < 1.29 is 9.13 Å². The molecule has 2 aromatic heterocycles. The topological polar surface area (TPSA) is 64.0 Å². The Balaban J connectivity index is 1.64. The lowest BCUT2D eigenvalue weighted by atomic mass is 9.92. The maximum Gasteiger partial charge on any atom is 0.197 e. The number of aromatic nitrogens is 4. The summed E-state index contributed by atoms with van der Waals surface area (Å²) < 4.78 is 19.5. The van der Waals surface area contributed by atoms with Crippen molar-refractivity contribution in [3.8, 4) is 17.4 Å². The van der Waals surface area contributed by atoms with Crippen LogP contribution >= 0.6 is 0 Å². The first-order valence-electron chi connectivity index (χ1n) is 8.39. The first-order valence-corrected chi connectivity index (χ1v) is 8.39. The minimum atomic E-state index is -0.210. The summed E-state index contributed by atoms with van der Waals surface area (Å²) in [6, 6.07) is 5.09. The summed E-state index contributed by atoms with van der Waals surface area (Å²) in [4.78, 5) is 19.3. The summed E-state index contributed by atoms with van der Waals surface area (Å²) in [6.07, 6.45) is 7.46. The number of halogens is 1. The van der Waals surface area contributed by atoms with Crippen molar-refractivity contribution in [3.63, 3.8) is 0 Å². The number of rotatable bonds is 3. The molecular weight excluding hydrogens is 333 g/mol. The second-order valence-electron chi connectivity index (χ2n) is 6.13. The molecular formula is C19H18FN5O. The Hall–Kier alpha value is -3.09. The van der Waals surface area contributed by atoms with Crippen LogP contribution in [0.4, 0.5) is 10.1 Å². The SMILES string of the molecule is COc1cc(F)c2c(c1)C(C)N(c1cnc(-c3ncccn3)nc1)CC2. The Bertz CT molecular complexity index is 917. The van der Waals surface area contributed by atoms with Crippen molar-refractivity contribution >= 4 is 5.69 Å². The van der Waals surface area contributed by atoms with Gasteiger partial charge >= 0.3 is 0 Å². The maximum atomic E-state index is 14.3. The fourth-order valence-corrected chi connectivity index (χ4v) is 3.33. The third-order valence-electron chi connectivity index (χ3n) is 4.70. The number of hydrogen-bond acceptors (Lipinski definition) is 6. The number of anilines is 1. The molecule has 3 aromatic rings. The van der Waals surface area contributed by atoms with E-state index in [2.05, 4.69) is 24.8 Å². The molecule has 132 valence electrons. The van der Waals surface area contributed by atoms with E-state index in [4.69, 9.17) is 4.74 Å². The summed E-state index contributed by atoms with van der Waals surface area (Å²) in [6.45, 7) is 2.74. The molecule has 0 amide bonds. The molecule has 0 saturated heterocycles. The normalized spacial score (nSPS) is 16.3. The van der Waals surface area contributed by atoms with Crippen molar-refractivity contribution in [1.29, 1.82) is 0 Å². The molecule has 7 heteroatoms. The Morgan fingerprint density at radius 3 is 2.46 bits per heavy atom. The standard InChI is InChI=1S/C19H18FN5O/c1-12-16-8-14(26-2)9-17(20)15(16)4-7-25(12)13-10-23-19(24-11-13)18-21-5-3-6-22-18/h3,5-6,8-12H,4,7H2,1-2H3. The highest BCUT2D eigenvalue weighted by molar-refractivity contribution is 5.53. The van der Waals surface area contributed by atoms with Gasteiger partial charge in [0.25, 0.3) is 0 Å². The molecule has 3 heterocycles. The van der Waals surface area contributed by atoms with Crippen LogP contribution in [0.5, 0.6) is 5.75 Å². The van der Waals surface area contributed by atoms with Gasteiger partial charge in [0.1, 0.15) is 11.6 Å². The van der Waals surface area contributed by atoms with Crippen LogP contribution in [-0.4, -0.2) is 33.6 Å². The summed E-state index contributed by atoms with van der Waals surface area (Å²) in [7, 11) is 1.55. The van der Waals surface area contributed by atoms with Crippen LogP contribution in [0.3, 0.4) is 0 Å². The molecule has 0 radical (unpaired) electrons. The van der Waals surface area contributed by atoms with E-state index in [0.717, 1.165) is 16.8 Å². The van der Waals surface area contributed by atoms with Crippen LogP contribution in [0, 0.1) is 5.82 Å². The van der Waals surface area contributed by atoms with Crippen molar-refractivity contribution in [2.45, 2.75) is 19.4 Å². The quantitative estimate of drug-likeness (QED) is 0.722. The molecule has 26 heavy (non-hydrogen) atoms. The van der Waals surface area contributed by atoms with Crippen molar-refractivity contribution in [1.82, 2.24) is 19.9 Å². The number of benzene rings is 1. The zero-order valence-corrected chi connectivity index (χ0v) is 14.6. The highest BCUT2D eigenvalue weighted by Gasteiger charge is 2.27. The number of nitrogens with zero attached hydrogens (tertiary/aromatic N) is 5. The molecule has 0 saturated carbocycles. The zero-order chi connectivity index (χ0) is 18.1. The first kappa shape index (κ1) is 16.4. The van der Waals surface area contributed by atoms with Crippen LogP contribution in [0.15, 0.2) is 43.0 Å². The van der Waals surface area contributed by atoms with Gasteiger partial charge in [-0.05, 0) is 36.6 Å². The molecule has 1 aliphatic rings. The lowest BCUT2D eigenvalue weighted by Gasteiger charge is -2.37. The highest BCUT2D eigenvalue weighted by atomic mass is 19.1. The molecule has 0 bridgehead atoms. The molecule has 1 unspecified atom stereocenters. The molecule has 1 aliphatic heterocycles. The van der Waals surface area contributed by atoms with Gasteiger partial charge in [-0.2, -0.15) is 0 Å². The molecule has 0 fully saturated rings. The van der Waals surface area contributed by atoms with Gasteiger partial charge in [0, 0.05) is 25.0 Å². The van der Waals surface area contributed by atoms with E-state index >= 15 is 0 Å². The van der Waals surface area contributed by atoms with E-state index < -0.39 is 0 Å². The van der Waals surface area contributed by atoms with Gasteiger partial charge in [-0.3, -0.25) is 0 Å². The van der Waals surface area contributed by atoms with E-state index in [-0.39, 0.29) is 11.9 Å². The van der Waals surface area contributed by atoms with Gasteiger partial charge in [0.15, 0.2) is 11.6 Å². The van der Waals surface area contributed by atoms with E-state index in [9.17, 15) is 4.39 Å². The van der Waals surface area contributed by atoms with Crippen molar-refractivity contribution in [2.75, 3.05) is 18.6 Å². The fourth-order valence-electron chi connectivity index (χ4n) is 3.33. The van der Waals surface area contributed by atoms with Crippen molar-refractivity contribution in [3.05, 3.63) is 59.9 Å². The average molecular weight is 351 g/mol. The molecule has 0 aliphatic carbocycles. The fraction of sp³-hybridized carbons (Fsp3) is 0.263. The Labute approximate surface area is 150 Å². The van der Waals surface area contributed by atoms with Gasteiger partial charge in [-0.25, -0.2) is 24.3 Å². The molecule has 4 rings (SSSR count). The Morgan fingerprint density at radius 2 is 1.77 bits per heavy atom. The predicted octanol–water partition coefficient (Wildman–Crippen LogP) is 3.21. The number of ether oxygens (including phenoxy) is 1. The third kappa shape index (κ3) is 2.85. The maximum absolute atomic E-state index is 14.3. The van der Waals surface area contributed by atoms with Crippen LogP contribution < -0.4 is 9.64 Å². The summed E-state index contributed by atoms with van der Waals surface area (Å²) >= 11 is 0. The molecule has 6 nitrogen and oxygen atoms in total. The van der Waals surface area contributed by atoms with Gasteiger partial charge < -0.3 is 9.64 Å². The van der Waals surface area contributed by atoms with Crippen LogP contribution in [0.25, 0.3) is 11.6 Å². The second kappa shape index (κ2) is 6.67. The summed E-state index contributed by atoms with van der Waals surface area (Å²) in [5.74, 6) is 1.29. The van der Waals surface area contributed by atoms with Crippen LogP contribution in [-0.2, 0) is 6.42 Å². The van der Waals surface area contributed by atoms with E-state index in [1.165, 1.54) is 6.07 Å². The Kier molecular flexibility index (Phi) is 4.20. The van der Waals surface area contributed by atoms with Crippen molar-refractivity contribution in [2.24, 2.45) is 0 Å². The lowest BCUT2D eigenvalue weighted by Crippen LogP contribution is -2.34. The van der Waals surface area contributed by atoms with Gasteiger partial charge in [0.2, 0.25) is 0 Å². The summed E-state index contributed by atoms with van der Waals surface area (Å²) in [5.41, 5.74) is 2.57. The first-order chi connectivity index (χ1) is 12.7. The van der Waals surface area contributed by atoms with E-state index in [0.29, 0.717) is 30.4 Å². The number of fused-ring (bicyclic) bond motifs is 1. The lowest BCUT2D eigenvalue weighted by molar-refractivity contribution is 0.408. The van der Waals surface area contributed by atoms with E-state index in [1.807, 2.05) is 13.0 Å². The number of hydrogen-bond donors (Lipinski definition) is 0. The smallest absolute Gasteiger partial charge is 0.197 e. The highest BCUT2D eigenvalue weighted by Crippen LogP contribution is 2.36. The average Bonchev–Trinajstić information content (AvgIpc) is 2.69. The Morgan fingerprint density at radius 1 is 1.08 bits per heavy atom. The monoisotopic (exact) mass is 351 g/mol. The molecule has 0 spiro atoms. The largest absolute Gasteiger partial charge is 0.497 e. The molecule has 1 aromatic carbocycles. The van der Waals surface area contributed by atoms with Crippen LogP contribution in [0.2, 0.25) is 0 Å².